The van der Waals surface area contributed by atoms with Crippen LogP contribution in [0.4, 0.5) is 0 Å². The number of carbonyl (C=O) groups excluding carboxylic acids is 1. The number of nitrogens with zero attached hydrogens (tertiary/aromatic N) is 3. The van der Waals surface area contributed by atoms with Crippen molar-refractivity contribution < 1.29 is 13.7 Å². The molecule has 1 saturated carbocycles. The minimum atomic E-state index is -0.0392. The molecule has 2 aromatic rings. The number of piperidine rings is 1. The smallest absolute Gasteiger partial charge is 0.289 e. The Labute approximate surface area is 122 Å². The van der Waals surface area contributed by atoms with Crippen LogP contribution in [0.1, 0.15) is 59.8 Å². The van der Waals surface area contributed by atoms with Crippen molar-refractivity contribution in [2.45, 2.75) is 37.5 Å². The zero-order chi connectivity index (χ0) is 14.2. The fourth-order valence-electron chi connectivity index (χ4n) is 2.81. The van der Waals surface area contributed by atoms with Crippen LogP contribution in [0.2, 0.25) is 0 Å². The van der Waals surface area contributed by atoms with E-state index in [2.05, 4.69) is 10.1 Å². The molecule has 0 atom stereocenters. The first-order valence-electron chi connectivity index (χ1n) is 7.47. The number of hydrogen-bond acceptors (Lipinski definition) is 5. The number of rotatable bonds is 3. The third kappa shape index (κ3) is 2.46. The van der Waals surface area contributed by atoms with E-state index in [0.29, 0.717) is 24.8 Å². The standard InChI is InChI=1S/C15H17N3O3/c19-15(12-2-1-9-20-12)18-7-5-11(6-8-18)14-16-13(17-21-14)10-3-4-10/h1-2,9-11H,3-8H2. The maximum Gasteiger partial charge on any atom is 0.289 e. The summed E-state index contributed by atoms with van der Waals surface area (Å²) in [5, 5.41) is 4.07. The quantitative estimate of drug-likeness (QED) is 0.867. The summed E-state index contributed by atoms with van der Waals surface area (Å²) in [5.74, 6) is 2.75. The molecule has 0 unspecified atom stereocenters. The number of carbonyl (C=O) groups is 1. The summed E-state index contributed by atoms with van der Waals surface area (Å²) in [6, 6.07) is 3.44. The molecule has 0 aromatic carbocycles. The fraction of sp³-hybridized carbons (Fsp3) is 0.533. The van der Waals surface area contributed by atoms with Crippen molar-refractivity contribution in [3.63, 3.8) is 0 Å². The summed E-state index contributed by atoms with van der Waals surface area (Å²) in [6.07, 6.45) is 5.60. The molecule has 4 rings (SSSR count). The maximum atomic E-state index is 12.2. The van der Waals surface area contributed by atoms with Crippen molar-refractivity contribution in [1.29, 1.82) is 0 Å². The van der Waals surface area contributed by atoms with Crippen LogP contribution in [0.25, 0.3) is 0 Å². The van der Waals surface area contributed by atoms with Crippen molar-refractivity contribution in [2.75, 3.05) is 13.1 Å². The van der Waals surface area contributed by atoms with Gasteiger partial charge in [-0.3, -0.25) is 4.79 Å². The lowest BCUT2D eigenvalue weighted by Gasteiger charge is -2.29. The van der Waals surface area contributed by atoms with Crippen molar-refractivity contribution in [3.8, 4) is 0 Å². The lowest BCUT2D eigenvalue weighted by Crippen LogP contribution is -2.37. The van der Waals surface area contributed by atoms with Gasteiger partial charge in [0, 0.05) is 24.9 Å². The minimum absolute atomic E-state index is 0.0392. The molecule has 1 amide bonds. The van der Waals surface area contributed by atoms with Crippen LogP contribution in [0.5, 0.6) is 0 Å². The van der Waals surface area contributed by atoms with Crippen LogP contribution in [0.3, 0.4) is 0 Å². The van der Waals surface area contributed by atoms with Crippen LogP contribution in [-0.4, -0.2) is 34.0 Å². The highest BCUT2D eigenvalue weighted by molar-refractivity contribution is 5.91. The average Bonchev–Trinajstić information content (AvgIpc) is 3.05. The van der Waals surface area contributed by atoms with E-state index in [9.17, 15) is 4.79 Å². The van der Waals surface area contributed by atoms with Crippen LogP contribution in [0, 0.1) is 0 Å². The monoisotopic (exact) mass is 287 g/mol. The first kappa shape index (κ1) is 12.6. The van der Waals surface area contributed by atoms with Gasteiger partial charge in [0.2, 0.25) is 5.89 Å². The highest BCUT2D eigenvalue weighted by Gasteiger charge is 2.32. The molecule has 3 heterocycles. The van der Waals surface area contributed by atoms with E-state index in [1.807, 2.05) is 4.90 Å². The van der Waals surface area contributed by atoms with E-state index in [0.717, 1.165) is 24.6 Å². The van der Waals surface area contributed by atoms with Crippen LogP contribution >= 0.6 is 0 Å². The molecule has 21 heavy (non-hydrogen) atoms. The molecule has 0 radical (unpaired) electrons. The molecule has 1 aliphatic carbocycles. The van der Waals surface area contributed by atoms with Gasteiger partial charge in [-0.05, 0) is 37.8 Å². The molecule has 6 nitrogen and oxygen atoms in total. The highest BCUT2D eigenvalue weighted by atomic mass is 16.5. The minimum Gasteiger partial charge on any atom is -0.459 e. The lowest BCUT2D eigenvalue weighted by atomic mass is 9.96. The molecule has 2 aromatic heterocycles. The predicted molar refractivity (Wildman–Crippen MR) is 72.9 cm³/mol. The Kier molecular flexibility index (Phi) is 3.02. The zero-order valence-electron chi connectivity index (χ0n) is 11.7. The predicted octanol–water partition coefficient (Wildman–Crippen LogP) is 2.56. The van der Waals surface area contributed by atoms with Gasteiger partial charge in [0.1, 0.15) is 0 Å². The largest absolute Gasteiger partial charge is 0.459 e. The Balaban J connectivity index is 1.38. The molecule has 110 valence electrons. The van der Waals surface area contributed by atoms with Gasteiger partial charge in [-0.1, -0.05) is 5.16 Å². The number of furan rings is 1. The molecule has 1 saturated heterocycles. The third-order valence-corrected chi connectivity index (χ3v) is 4.26. The maximum absolute atomic E-state index is 12.2. The zero-order valence-corrected chi connectivity index (χ0v) is 11.7. The van der Waals surface area contributed by atoms with E-state index in [1.54, 1.807) is 12.1 Å². The van der Waals surface area contributed by atoms with Crippen molar-refractivity contribution >= 4 is 5.91 Å². The van der Waals surface area contributed by atoms with Gasteiger partial charge >= 0.3 is 0 Å². The molecule has 6 heteroatoms. The molecule has 2 aliphatic rings. The highest BCUT2D eigenvalue weighted by Crippen LogP contribution is 2.39. The van der Waals surface area contributed by atoms with Gasteiger partial charge in [-0.15, -0.1) is 0 Å². The summed E-state index contributed by atoms with van der Waals surface area (Å²) >= 11 is 0. The third-order valence-electron chi connectivity index (χ3n) is 4.26. The van der Waals surface area contributed by atoms with E-state index in [-0.39, 0.29) is 11.8 Å². The van der Waals surface area contributed by atoms with Gasteiger partial charge in [0.25, 0.3) is 5.91 Å². The van der Waals surface area contributed by atoms with Crippen molar-refractivity contribution in [1.82, 2.24) is 15.0 Å². The molecule has 2 fully saturated rings. The van der Waals surface area contributed by atoms with Gasteiger partial charge in [0.15, 0.2) is 11.6 Å². The molecule has 0 bridgehead atoms. The van der Waals surface area contributed by atoms with Gasteiger partial charge in [-0.25, -0.2) is 0 Å². The molecular formula is C15H17N3O3. The number of hydrogen-bond donors (Lipinski definition) is 0. The topological polar surface area (TPSA) is 72.4 Å². The summed E-state index contributed by atoms with van der Waals surface area (Å²) in [7, 11) is 0. The first-order chi connectivity index (χ1) is 10.3. The van der Waals surface area contributed by atoms with E-state index in [4.69, 9.17) is 8.94 Å². The second kappa shape index (κ2) is 5.02. The number of likely N-dealkylation sites (tertiary alicyclic amines) is 1. The summed E-state index contributed by atoms with van der Waals surface area (Å²) in [6.45, 7) is 1.40. The van der Waals surface area contributed by atoms with Gasteiger partial charge < -0.3 is 13.8 Å². The molecule has 1 aliphatic heterocycles. The lowest BCUT2D eigenvalue weighted by molar-refractivity contribution is 0.0672. The normalized spacial score (nSPS) is 19.9. The van der Waals surface area contributed by atoms with Crippen LogP contribution < -0.4 is 0 Å². The van der Waals surface area contributed by atoms with E-state index in [1.165, 1.54) is 19.1 Å². The average molecular weight is 287 g/mol. The van der Waals surface area contributed by atoms with Crippen LogP contribution in [0.15, 0.2) is 27.3 Å². The molecule has 0 N–H and O–H groups in total. The Morgan fingerprint density at radius 1 is 1.19 bits per heavy atom. The van der Waals surface area contributed by atoms with Gasteiger partial charge in [-0.2, -0.15) is 4.98 Å². The van der Waals surface area contributed by atoms with Crippen molar-refractivity contribution in [2.24, 2.45) is 0 Å². The summed E-state index contributed by atoms with van der Waals surface area (Å²) in [4.78, 5) is 18.5. The Morgan fingerprint density at radius 2 is 2.00 bits per heavy atom. The Hall–Kier alpha value is -2.11. The SMILES string of the molecule is O=C(c1ccco1)N1CCC(c2nc(C3CC3)no2)CC1. The Bertz CT molecular complexity index is 622. The summed E-state index contributed by atoms with van der Waals surface area (Å²) < 4.78 is 10.6. The second-order valence-electron chi connectivity index (χ2n) is 5.81. The Morgan fingerprint density at radius 3 is 2.67 bits per heavy atom. The second-order valence-corrected chi connectivity index (χ2v) is 5.81. The molecular weight excluding hydrogens is 270 g/mol. The first-order valence-corrected chi connectivity index (χ1v) is 7.47. The van der Waals surface area contributed by atoms with E-state index < -0.39 is 0 Å². The number of amides is 1. The van der Waals surface area contributed by atoms with Crippen molar-refractivity contribution in [3.05, 3.63) is 35.9 Å². The molecule has 0 spiro atoms. The number of aromatic nitrogens is 2. The van der Waals surface area contributed by atoms with Gasteiger partial charge in [0.05, 0.1) is 6.26 Å². The van der Waals surface area contributed by atoms with Crippen LogP contribution in [-0.2, 0) is 0 Å². The summed E-state index contributed by atoms with van der Waals surface area (Å²) in [5.41, 5.74) is 0. The fourth-order valence-corrected chi connectivity index (χ4v) is 2.81. The van der Waals surface area contributed by atoms with E-state index >= 15 is 0 Å².